The van der Waals surface area contributed by atoms with Crippen LogP contribution in [0.15, 0.2) is 24.3 Å². The molecule has 8 heteroatoms. The van der Waals surface area contributed by atoms with Crippen molar-refractivity contribution in [1.29, 1.82) is 0 Å². The van der Waals surface area contributed by atoms with E-state index in [0.29, 0.717) is 39.3 Å². The number of ether oxygens (including phenoxy) is 1. The summed E-state index contributed by atoms with van der Waals surface area (Å²) in [5.74, 6) is 0.0561. The average molecular weight is 405 g/mol. The maximum Gasteiger partial charge on any atom is 0.248 e. The first-order valence-corrected chi connectivity index (χ1v) is 10.7. The number of hydrogen-bond acceptors (Lipinski definition) is 6. The van der Waals surface area contributed by atoms with Crippen LogP contribution in [0.4, 0.5) is 0 Å². The van der Waals surface area contributed by atoms with Gasteiger partial charge in [-0.25, -0.2) is 4.98 Å². The van der Waals surface area contributed by atoms with Crippen molar-refractivity contribution >= 4 is 33.4 Å². The zero-order valence-corrected chi connectivity index (χ0v) is 17.2. The molecule has 1 saturated heterocycles. The highest BCUT2D eigenvalue weighted by Crippen LogP contribution is 2.21. The molecule has 0 aliphatic carbocycles. The molecule has 1 aliphatic rings. The maximum atomic E-state index is 12.3. The van der Waals surface area contributed by atoms with E-state index in [4.69, 9.17) is 4.74 Å². The summed E-state index contributed by atoms with van der Waals surface area (Å²) in [4.78, 5) is 32.6. The van der Waals surface area contributed by atoms with Gasteiger partial charge in [0.2, 0.25) is 11.8 Å². The second kappa shape index (κ2) is 10.5. The van der Waals surface area contributed by atoms with Gasteiger partial charge in [0.1, 0.15) is 11.6 Å². The van der Waals surface area contributed by atoms with Crippen molar-refractivity contribution in [2.24, 2.45) is 0 Å². The first kappa shape index (κ1) is 20.7. The second-order valence-corrected chi connectivity index (χ2v) is 8.04. The van der Waals surface area contributed by atoms with Crippen LogP contribution in [0, 0.1) is 0 Å². The normalized spacial score (nSPS) is 15.1. The lowest BCUT2D eigenvalue weighted by atomic mass is 10.3. The molecule has 2 heterocycles. The van der Waals surface area contributed by atoms with Crippen molar-refractivity contribution in [1.82, 2.24) is 20.1 Å². The third-order valence-electron chi connectivity index (χ3n) is 4.73. The van der Waals surface area contributed by atoms with Crippen LogP contribution in [0.3, 0.4) is 0 Å². The van der Waals surface area contributed by atoms with Gasteiger partial charge in [0.05, 0.1) is 23.4 Å². The van der Waals surface area contributed by atoms with Crippen molar-refractivity contribution in [2.75, 3.05) is 45.9 Å². The number of benzene rings is 1. The fourth-order valence-corrected chi connectivity index (χ4v) is 4.02. The number of nitrogens with one attached hydrogen (secondary N) is 1. The van der Waals surface area contributed by atoms with Gasteiger partial charge in [-0.15, -0.1) is 11.3 Å². The predicted molar refractivity (Wildman–Crippen MR) is 110 cm³/mol. The minimum atomic E-state index is -0.00633. The molecule has 0 atom stereocenters. The first-order valence-electron chi connectivity index (χ1n) is 9.84. The average Bonchev–Trinajstić information content (AvgIpc) is 3.11. The minimum absolute atomic E-state index is 0.00633. The number of piperazine rings is 1. The van der Waals surface area contributed by atoms with Crippen molar-refractivity contribution in [2.45, 2.75) is 26.4 Å². The number of carbonyl (C=O) groups is 2. The van der Waals surface area contributed by atoms with Crippen LogP contribution in [0.25, 0.3) is 10.2 Å². The molecule has 0 bridgehead atoms. The predicted octanol–water partition coefficient (Wildman–Crippen LogP) is 1.87. The molecule has 28 heavy (non-hydrogen) atoms. The zero-order valence-electron chi connectivity index (χ0n) is 16.4. The minimum Gasteiger partial charge on any atom is -0.364 e. The number of thiazole rings is 1. The fourth-order valence-electron chi connectivity index (χ4n) is 3.12. The van der Waals surface area contributed by atoms with Crippen LogP contribution in [0.2, 0.25) is 0 Å². The van der Waals surface area contributed by atoms with Crippen molar-refractivity contribution in [3.8, 4) is 0 Å². The van der Waals surface area contributed by atoms with Crippen LogP contribution >= 0.6 is 11.3 Å². The fraction of sp³-hybridized carbons (Fsp3) is 0.550. The highest BCUT2D eigenvalue weighted by molar-refractivity contribution is 7.18. The van der Waals surface area contributed by atoms with Crippen LogP contribution in [0.1, 0.15) is 24.8 Å². The molecular weight excluding hydrogens is 376 g/mol. The summed E-state index contributed by atoms with van der Waals surface area (Å²) in [7, 11) is 0. The standard InChI is InChI=1S/C20H28N4O3S/c1-2-3-8-21-18(25)13-23-9-11-24(12-10-23)20(26)15-27-14-19-22-16-6-4-5-7-17(16)28-19/h4-7H,2-3,8-15H2,1H3,(H,21,25). The molecule has 1 aliphatic heterocycles. The zero-order chi connectivity index (χ0) is 19.8. The Labute approximate surface area is 169 Å². The van der Waals surface area contributed by atoms with Gasteiger partial charge in [-0.2, -0.15) is 0 Å². The van der Waals surface area contributed by atoms with E-state index in [-0.39, 0.29) is 18.4 Å². The van der Waals surface area contributed by atoms with E-state index in [1.807, 2.05) is 29.2 Å². The topological polar surface area (TPSA) is 74.8 Å². The smallest absolute Gasteiger partial charge is 0.248 e. The van der Waals surface area contributed by atoms with Gasteiger partial charge in [-0.05, 0) is 18.6 Å². The third kappa shape index (κ3) is 5.98. The number of rotatable bonds is 9. The number of fused-ring (bicyclic) bond motifs is 1. The van der Waals surface area contributed by atoms with E-state index in [2.05, 4.69) is 22.1 Å². The Morgan fingerprint density at radius 2 is 2.00 bits per heavy atom. The third-order valence-corrected chi connectivity index (χ3v) is 5.74. The molecule has 0 unspecified atom stereocenters. The maximum absolute atomic E-state index is 12.3. The molecule has 3 rings (SSSR count). The number of para-hydroxylation sites is 1. The molecule has 7 nitrogen and oxygen atoms in total. The highest BCUT2D eigenvalue weighted by Gasteiger charge is 2.22. The van der Waals surface area contributed by atoms with Gasteiger partial charge in [0.25, 0.3) is 0 Å². The van der Waals surface area contributed by atoms with Gasteiger partial charge in [-0.1, -0.05) is 25.5 Å². The van der Waals surface area contributed by atoms with Crippen LogP contribution in [-0.4, -0.2) is 72.5 Å². The van der Waals surface area contributed by atoms with Crippen LogP contribution in [0.5, 0.6) is 0 Å². The number of unbranched alkanes of at least 4 members (excludes halogenated alkanes) is 1. The number of aromatic nitrogens is 1. The van der Waals surface area contributed by atoms with Gasteiger partial charge >= 0.3 is 0 Å². The summed E-state index contributed by atoms with van der Waals surface area (Å²) >= 11 is 1.59. The Morgan fingerprint density at radius 1 is 1.21 bits per heavy atom. The lowest BCUT2D eigenvalue weighted by Gasteiger charge is -2.34. The molecular formula is C20H28N4O3S. The monoisotopic (exact) mass is 404 g/mol. The molecule has 0 spiro atoms. The molecule has 2 aromatic rings. The summed E-state index contributed by atoms with van der Waals surface area (Å²) in [6, 6.07) is 7.96. The number of amides is 2. The van der Waals surface area contributed by atoms with Crippen molar-refractivity contribution in [3.63, 3.8) is 0 Å². The Bertz CT molecular complexity index is 754. The van der Waals surface area contributed by atoms with Gasteiger partial charge in [0, 0.05) is 32.7 Å². The van der Waals surface area contributed by atoms with E-state index in [0.717, 1.165) is 34.6 Å². The molecule has 152 valence electrons. The molecule has 1 fully saturated rings. The SMILES string of the molecule is CCCCNC(=O)CN1CCN(C(=O)COCc2nc3ccccc3s2)CC1. The Kier molecular flexibility index (Phi) is 7.76. The number of hydrogen-bond donors (Lipinski definition) is 1. The Morgan fingerprint density at radius 3 is 2.75 bits per heavy atom. The summed E-state index contributed by atoms with van der Waals surface area (Å²) in [6.45, 7) is 6.34. The quantitative estimate of drug-likeness (QED) is 0.646. The van der Waals surface area contributed by atoms with Crippen LogP contribution in [-0.2, 0) is 20.9 Å². The molecule has 1 aromatic carbocycles. The summed E-state index contributed by atoms with van der Waals surface area (Å²) in [6.07, 6.45) is 2.08. The largest absolute Gasteiger partial charge is 0.364 e. The van der Waals surface area contributed by atoms with E-state index < -0.39 is 0 Å². The Hall–Kier alpha value is -2.03. The summed E-state index contributed by atoms with van der Waals surface area (Å²) in [5.41, 5.74) is 0.965. The molecule has 2 amide bonds. The molecule has 1 N–H and O–H groups in total. The highest BCUT2D eigenvalue weighted by atomic mass is 32.1. The van der Waals surface area contributed by atoms with Crippen LogP contribution < -0.4 is 5.32 Å². The Balaban J connectivity index is 1.34. The molecule has 0 saturated carbocycles. The van der Waals surface area contributed by atoms with Crippen molar-refractivity contribution < 1.29 is 14.3 Å². The van der Waals surface area contributed by atoms with Gasteiger partial charge < -0.3 is 15.0 Å². The molecule has 0 radical (unpaired) electrons. The van der Waals surface area contributed by atoms with E-state index >= 15 is 0 Å². The lowest BCUT2D eigenvalue weighted by molar-refractivity contribution is -0.138. The number of carbonyl (C=O) groups excluding carboxylic acids is 2. The van der Waals surface area contributed by atoms with E-state index in [9.17, 15) is 9.59 Å². The van der Waals surface area contributed by atoms with Gasteiger partial charge in [-0.3, -0.25) is 14.5 Å². The summed E-state index contributed by atoms with van der Waals surface area (Å²) in [5, 5.41) is 3.81. The van der Waals surface area contributed by atoms with E-state index in [1.54, 1.807) is 11.3 Å². The molecule has 1 aromatic heterocycles. The lowest BCUT2D eigenvalue weighted by Crippen LogP contribution is -2.51. The number of nitrogens with zero attached hydrogens (tertiary/aromatic N) is 3. The van der Waals surface area contributed by atoms with Crippen molar-refractivity contribution in [3.05, 3.63) is 29.3 Å². The van der Waals surface area contributed by atoms with Gasteiger partial charge in [0.15, 0.2) is 0 Å². The second-order valence-electron chi connectivity index (χ2n) is 6.93. The first-order chi connectivity index (χ1) is 13.7. The summed E-state index contributed by atoms with van der Waals surface area (Å²) < 4.78 is 6.72. The van der Waals surface area contributed by atoms with E-state index in [1.165, 1.54) is 0 Å².